The zero-order valence-electron chi connectivity index (χ0n) is 12.8. The third-order valence-electron chi connectivity index (χ3n) is 3.92. The number of nitrogens with one attached hydrogen (secondary N) is 2. The van der Waals surface area contributed by atoms with Gasteiger partial charge >= 0.3 is 0 Å². The van der Waals surface area contributed by atoms with Crippen LogP contribution in [0, 0.1) is 0 Å². The van der Waals surface area contributed by atoms with Gasteiger partial charge in [0, 0.05) is 10.4 Å². The van der Waals surface area contributed by atoms with E-state index < -0.39 is 0 Å². The molecule has 0 saturated carbocycles. The molecule has 1 amide bonds. The number of anilines is 1. The molecule has 0 radical (unpaired) electrons. The fourth-order valence-electron chi connectivity index (χ4n) is 2.73. The van der Waals surface area contributed by atoms with Gasteiger partial charge in [-0.2, -0.15) is 0 Å². The van der Waals surface area contributed by atoms with Crippen LogP contribution in [0.5, 0.6) is 0 Å². The van der Waals surface area contributed by atoms with Crippen molar-refractivity contribution in [1.29, 1.82) is 0 Å². The van der Waals surface area contributed by atoms with Gasteiger partial charge in [0.25, 0.3) is 0 Å². The molecule has 1 atom stereocenters. The SMILES string of the molecule is CCc1sc(NC(=O)[C@@H]2CCCCN2)nc1-c1ccccc1. The monoisotopic (exact) mass is 315 g/mol. The van der Waals surface area contributed by atoms with E-state index in [0.717, 1.165) is 43.5 Å². The largest absolute Gasteiger partial charge is 0.306 e. The van der Waals surface area contributed by atoms with Gasteiger partial charge < -0.3 is 10.6 Å². The summed E-state index contributed by atoms with van der Waals surface area (Å²) in [6.07, 6.45) is 4.08. The summed E-state index contributed by atoms with van der Waals surface area (Å²) in [6, 6.07) is 10.1. The minimum Gasteiger partial charge on any atom is -0.306 e. The number of hydrogen-bond donors (Lipinski definition) is 2. The Morgan fingerprint density at radius 3 is 2.86 bits per heavy atom. The molecule has 4 nitrogen and oxygen atoms in total. The van der Waals surface area contributed by atoms with Crippen molar-refractivity contribution >= 4 is 22.4 Å². The number of thiazole rings is 1. The second-order valence-corrected chi connectivity index (χ2v) is 6.59. The fourth-order valence-corrected chi connectivity index (χ4v) is 3.66. The van der Waals surface area contributed by atoms with Crippen molar-refractivity contribution in [2.75, 3.05) is 11.9 Å². The molecule has 22 heavy (non-hydrogen) atoms. The summed E-state index contributed by atoms with van der Waals surface area (Å²) in [5.74, 6) is 0.0377. The number of carbonyl (C=O) groups excluding carboxylic acids is 1. The number of nitrogens with zero attached hydrogens (tertiary/aromatic N) is 1. The molecule has 2 aromatic rings. The van der Waals surface area contributed by atoms with Crippen LogP contribution in [-0.2, 0) is 11.2 Å². The maximum absolute atomic E-state index is 12.3. The maximum atomic E-state index is 12.3. The van der Waals surface area contributed by atoms with Gasteiger partial charge in [0.2, 0.25) is 5.91 Å². The summed E-state index contributed by atoms with van der Waals surface area (Å²) in [6.45, 7) is 3.04. The molecule has 0 unspecified atom stereocenters. The summed E-state index contributed by atoms with van der Waals surface area (Å²) < 4.78 is 0. The van der Waals surface area contributed by atoms with Gasteiger partial charge in [-0.05, 0) is 25.8 Å². The van der Waals surface area contributed by atoms with Gasteiger partial charge in [-0.25, -0.2) is 4.98 Å². The van der Waals surface area contributed by atoms with Gasteiger partial charge in [-0.1, -0.05) is 43.7 Å². The number of aryl methyl sites for hydroxylation is 1. The summed E-state index contributed by atoms with van der Waals surface area (Å²) in [4.78, 5) is 18.2. The van der Waals surface area contributed by atoms with Crippen LogP contribution in [0.1, 0.15) is 31.1 Å². The lowest BCUT2D eigenvalue weighted by molar-refractivity contribution is -0.118. The number of piperidine rings is 1. The molecule has 2 N–H and O–H groups in total. The number of rotatable bonds is 4. The van der Waals surface area contributed by atoms with Crippen molar-refractivity contribution in [3.05, 3.63) is 35.2 Å². The van der Waals surface area contributed by atoms with Crippen LogP contribution in [0.3, 0.4) is 0 Å². The van der Waals surface area contributed by atoms with E-state index in [0.29, 0.717) is 5.13 Å². The highest BCUT2D eigenvalue weighted by Gasteiger charge is 2.22. The lowest BCUT2D eigenvalue weighted by atomic mass is 10.0. The molecular formula is C17H21N3OS. The molecule has 1 fully saturated rings. The normalized spacial score (nSPS) is 18.1. The standard InChI is InChI=1S/C17H21N3OS/c1-2-14-15(12-8-4-3-5-9-12)19-17(22-14)20-16(21)13-10-6-7-11-18-13/h3-5,8-9,13,18H,2,6-7,10-11H2,1H3,(H,19,20,21)/t13-/m0/s1. The summed E-state index contributed by atoms with van der Waals surface area (Å²) in [7, 11) is 0. The van der Waals surface area contributed by atoms with E-state index in [4.69, 9.17) is 0 Å². The maximum Gasteiger partial charge on any atom is 0.243 e. The lowest BCUT2D eigenvalue weighted by Crippen LogP contribution is -2.43. The van der Waals surface area contributed by atoms with Crippen molar-refractivity contribution < 1.29 is 4.79 Å². The molecule has 1 aromatic carbocycles. The third-order valence-corrected chi connectivity index (χ3v) is 5.04. The van der Waals surface area contributed by atoms with Crippen LogP contribution in [0.2, 0.25) is 0 Å². The minimum absolute atomic E-state index is 0.0377. The minimum atomic E-state index is -0.0806. The number of aromatic nitrogens is 1. The first-order valence-electron chi connectivity index (χ1n) is 7.87. The van der Waals surface area contributed by atoms with E-state index in [2.05, 4.69) is 34.7 Å². The topological polar surface area (TPSA) is 54.0 Å². The average Bonchev–Trinajstić information content (AvgIpc) is 2.99. The summed E-state index contributed by atoms with van der Waals surface area (Å²) in [5.41, 5.74) is 2.09. The van der Waals surface area contributed by atoms with E-state index in [1.807, 2.05) is 18.2 Å². The Labute approximate surface area is 135 Å². The lowest BCUT2D eigenvalue weighted by Gasteiger charge is -2.21. The molecule has 0 aliphatic carbocycles. The van der Waals surface area contributed by atoms with Gasteiger partial charge in [-0.3, -0.25) is 4.79 Å². The smallest absolute Gasteiger partial charge is 0.243 e. The zero-order valence-corrected chi connectivity index (χ0v) is 13.6. The Kier molecular flexibility index (Phi) is 4.85. The Balaban J connectivity index is 1.77. The molecular weight excluding hydrogens is 294 g/mol. The van der Waals surface area contributed by atoms with Crippen molar-refractivity contribution in [2.45, 2.75) is 38.6 Å². The molecule has 116 valence electrons. The van der Waals surface area contributed by atoms with Crippen LogP contribution < -0.4 is 10.6 Å². The Morgan fingerprint density at radius 1 is 1.36 bits per heavy atom. The van der Waals surface area contributed by atoms with Crippen LogP contribution in [0.25, 0.3) is 11.3 Å². The Morgan fingerprint density at radius 2 is 2.18 bits per heavy atom. The predicted molar refractivity (Wildman–Crippen MR) is 91.2 cm³/mol. The number of carbonyl (C=O) groups is 1. The molecule has 2 heterocycles. The summed E-state index contributed by atoms with van der Waals surface area (Å²) >= 11 is 1.58. The molecule has 1 saturated heterocycles. The van der Waals surface area contributed by atoms with Crippen molar-refractivity contribution in [2.24, 2.45) is 0 Å². The second-order valence-electron chi connectivity index (χ2n) is 5.50. The van der Waals surface area contributed by atoms with Crippen molar-refractivity contribution in [1.82, 2.24) is 10.3 Å². The quantitative estimate of drug-likeness (QED) is 0.908. The fraction of sp³-hybridized carbons (Fsp3) is 0.412. The zero-order chi connectivity index (χ0) is 15.4. The Hall–Kier alpha value is -1.72. The molecule has 1 aliphatic rings. The van der Waals surface area contributed by atoms with Gasteiger partial charge in [0.05, 0.1) is 11.7 Å². The van der Waals surface area contributed by atoms with Gasteiger partial charge in [0.1, 0.15) is 0 Å². The number of benzene rings is 1. The van der Waals surface area contributed by atoms with Crippen LogP contribution in [-0.4, -0.2) is 23.5 Å². The highest BCUT2D eigenvalue weighted by atomic mass is 32.1. The van der Waals surface area contributed by atoms with Crippen molar-refractivity contribution in [3.8, 4) is 11.3 Å². The molecule has 5 heteroatoms. The number of amides is 1. The van der Waals surface area contributed by atoms with E-state index >= 15 is 0 Å². The molecule has 1 aliphatic heterocycles. The second kappa shape index (κ2) is 7.03. The van der Waals surface area contributed by atoms with E-state index in [-0.39, 0.29) is 11.9 Å². The third kappa shape index (κ3) is 3.36. The molecule has 0 bridgehead atoms. The highest BCUT2D eigenvalue weighted by molar-refractivity contribution is 7.16. The summed E-state index contributed by atoms with van der Waals surface area (Å²) in [5, 5.41) is 6.96. The van der Waals surface area contributed by atoms with Gasteiger partial charge in [0.15, 0.2) is 5.13 Å². The van der Waals surface area contributed by atoms with Crippen LogP contribution in [0.15, 0.2) is 30.3 Å². The highest BCUT2D eigenvalue weighted by Crippen LogP contribution is 2.31. The van der Waals surface area contributed by atoms with Crippen LogP contribution >= 0.6 is 11.3 Å². The van der Waals surface area contributed by atoms with Crippen molar-refractivity contribution in [3.63, 3.8) is 0 Å². The first kappa shape index (κ1) is 15.2. The Bertz CT molecular complexity index is 633. The molecule has 0 spiro atoms. The molecule has 3 rings (SSSR count). The number of hydrogen-bond acceptors (Lipinski definition) is 4. The average molecular weight is 315 g/mol. The van der Waals surface area contributed by atoms with E-state index in [1.165, 1.54) is 4.88 Å². The first-order chi connectivity index (χ1) is 10.8. The van der Waals surface area contributed by atoms with E-state index in [1.54, 1.807) is 11.3 Å². The first-order valence-corrected chi connectivity index (χ1v) is 8.69. The van der Waals surface area contributed by atoms with Gasteiger partial charge in [-0.15, -0.1) is 11.3 Å². The predicted octanol–water partition coefficient (Wildman–Crippen LogP) is 3.45. The molecule has 1 aromatic heterocycles. The van der Waals surface area contributed by atoms with Crippen LogP contribution in [0.4, 0.5) is 5.13 Å². The van der Waals surface area contributed by atoms with E-state index in [9.17, 15) is 4.79 Å².